The minimum absolute atomic E-state index is 0.0551. The first-order valence-electron chi connectivity index (χ1n) is 5.26. The van der Waals surface area contributed by atoms with Crippen LogP contribution >= 0.6 is 11.6 Å². The molecule has 0 aromatic carbocycles. The van der Waals surface area contributed by atoms with E-state index in [1.54, 1.807) is 0 Å². The Hall–Kier alpha value is -0.500. The Balaban J connectivity index is 2.45. The van der Waals surface area contributed by atoms with Crippen LogP contribution in [-0.2, 0) is 9.53 Å². The second-order valence-corrected chi connectivity index (χ2v) is 5.28. The molecule has 3 heteroatoms. The standard InChI is InChI=1S/C12H19ClO2/c1-8(2)5-9-10(12(9,3)4)7-15-11(14)6-13/h5,9-10H,6-7H2,1-4H3/t9-,10+/m1/s1. The molecule has 1 aliphatic rings. The molecule has 0 heterocycles. The lowest BCUT2D eigenvalue weighted by Crippen LogP contribution is -2.10. The van der Waals surface area contributed by atoms with E-state index in [1.807, 2.05) is 0 Å². The van der Waals surface area contributed by atoms with Crippen molar-refractivity contribution in [2.45, 2.75) is 27.7 Å². The molecule has 0 bridgehead atoms. The van der Waals surface area contributed by atoms with Crippen molar-refractivity contribution in [3.63, 3.8) is 0 Å². The number of alkyl halides is 1. The quantitative estimate of drug-likeness (QED) is 0.422. The van der Waals surface area contributed by atoms with Gasteiger partial charge in [0.2, 0.25) is 0 Å². The Morgan fingerprint density at radius 2 is 2.07 bits per heavy atom. The summed E-state index contributed by atoms with van der Waals surface area (Å²) in [5, 5.41) is 0. The van der Waals surface area contributed by atoms with Gasteiger partial charge in [0, 0.05) is 5.92 Å². The van der Waals surface area contributed by atoms with Crippen molar-refractivity contribution in [2.75, 3.05) is 12.5 Å². The van der Waals surface area contributed by atoms with Crippen molar-refractivity contribution >= 4 is 17.6 Å². The zero-order chi connectivity index (χ0) is 11.6. The van der Waals surface area contributed by atoms with Gasteiger partial charge in [-0.25, -0.2) is 0 Å². The van der Waals surface area contributed by atoms with Crippen molar-refractivity contribution in [1.29, 1.82) is 0 Å². The highest BCUT2D eigenvalue weighted by Crippen LogP contribution is 2.59. The van der Waals surface area contributed by atoms with Crippen LogP contribution in [0.2, 0.25) is 0 Å². The number of esters is 1. The molecule has 0 amide bonds. The zero-order valence-electron chi connectivity index (χ0n) is 9.84. The van der Waals surface area contributed by atoms with Gasteiger partial charge in [-0.15, -0.1) is 11.6 Å². The van der Waals surface area contributed by atoms with Gasteiger partial charge in [-0.2, -0.15) is 0 Å². The monoisotopic (exact) mass is 230 g/mol. The van der Waals surface area contributed by atoms with Crippen LogP contribution in [-0.4, -0.2) is 18.5 Å². The fourth-order valence-corrected chi connectivity index (χ4v) is 2.09. The van der Waals surface area contributed by atoms with Crippen LogP contribution in [0.3, 0.4) is 0 Å². The molecule has 0 saturated heterocycles. The summed E-state index contributed by atoms with van der Waals surface area (Å²) in [5.41, 5.74) is 1.57. The number of hydrogen-bond acceptors (Lipinski definition) is 2. The van der Waals surface area contributed by atoms with E-state index < -0.39 is 0 Å². The van der Waals surface area contributed by atoms with Crippen LogP contribution in [0.4, 0.5) is 0 Å². The van der Waals surface area contributed by atoms with Crippen LogP contribution in [0.15, 0.2) is 11.6 Å². The van der Waals surface area contributed by atoms with Gasteiger partial charge < -0.3 is 4.74 Å². The molecule has 0 aliphatic heterocycles. The summed E-state index contributed by atoms with van der Waals surface area (Å²) in [5.74, 6) is 0.598. The number of allylic oxidation sites excluding steroid dienone is 2. The zero-order valence-corrected chi connectivity index (χ0v) is 10.6. The molecule has 1 saturated carbocycles. The van der Waals surface area contributed by atoms with Crippen LogP contribution in [0.5, 0.6) is 0 Å². The molecule has 0 aromatic heterocycles. The summed E-state index contributed by atoms with van der Waals surface area (Å²) in [6.45, 7) is 9.09. The van der Waals surface area contributed by atoms with Crippen LogP contribution < -0.4 is 0 Å². The van der Waals surface area contributed by atoms with E-state index >= 15 is 0 Å². The van der Waals surface area contributed by atoms with E-state index in [4.69, 9.17) is 16.3 Å². The maximum atomic E-state index is 10.9. The van der Waals surface area contributed by atoms with E-state index in [0.717, 1.165) is 0 Å². The Morgan fingerprint density at radius 1 is 1.47 bits per heavy atom. The van der Waals surface area contributed by atoms with Crippen LogP contribution in [0, 0.1) is 17.3 Å². The fraction of sp³-hybridized carbons (Fsp3) is 0.750. The van der Waals surface area contributed by atoms with Crippen molar-refractivity contribution in [3.8, 4) is 0 Å². The molecule has 0 aromatic rings. The first kappa shape index (κ1) is 12.6. The lowest BCUT2D eigenvalue weighted by atomic mass is 10.1. The third kappa shape index (κ3) is 2.97. The topological polar surface area (TPSA) is 26.3 Å². The second-order valence-electron chi connectivity index (χ2n) is 5.01. The first-order chi connectivity index (χ1) is 6.89. The number of hydrogen-bond donors (Lipinski definition) is 0. The van der Waals surface area contributed by atoms with Crippen LogP contribution in [0.1, 0.15) is 27.7 Å². The van der Waals surface area contributed by atoms with Gasteiger partial charge in [-0.1, -0.05) is 25.5 Å². The summed E-state index contributed by atoms with van der Waals surface area (Å²) in [6.07, 6.45) is 2.26. The summed E-state index contributed by atoms with van der Waals surface area (Å²) < 4.78 is 5.06. The highest BCUT2D eigenvalue weighted by Gasteiger charge is 2.56. The Morgan fingerprint density at radius 3 is 2.53 bits per heavy atom. The Kier molecular flexibility index (Phi) is 3.82. The van der Waals surface area contributed by atoms with Crippen molar-refractivity contribution < 1.29 is 9.53 Å². The van der Waals surface area contributed by atoms with Gasteiger partial charge in [0.15, 0.2) is 0 Å². The van der Waals surface area contributed by atoms with Gasteiger partial charge in [0.1, 0.15) is 5.88 Å². The molecule has 0 radical (unpaired) electrons. The van der Waals surface area contributed by atoms with Gasteiger partial charge in [0.25, 0.3) is 0 Å². The van der Waals surface area contributed by atoms with E-state index in [0.29, 0.717) is 18.4 Å². The Bertz CT molecular complexity index is 277. The molecule has 1 fully saturated rings. The average molecular weight is 231 g/mol. The van der Waals surface area contributed by atoms with Gasteiger partial charge in [0.05, 0.1) is 6.61 Å². The SMILES string of the molecule is CC(C)=C[C@@H]1[C@H](COC(=O)CCl)C1(C)C. The lowest BCUT2D eigenvalue weighted by Gasteiger charge is -2.03. The van der Waals surface area contributed by atoms with Gasteiger partial charge >= 0.3 is 5.97 Å². The molecule has 1 rings (SSSR count). The molecule has 0 N–H and O–H groups in total. The normalized spacial score (nSPS) is 27.0. The number of carbonyl (C=O) groups excluding carboxylic acids is 1. The predicted octanol–water partition coefficient (Wildman–Crippen LogP) is 3.01. The average Bonchev–Trinajstić information content (AvgIpc) is 2.63. The maximum Gasteiger partial charge on any atom is 0.320 e. The van der Waals surface area contributed by atoms with Gasteiger partial charge in [-0.3, -0.25) is 4.79 Å². The third-order valence-electron chi connectivity index (χ3n) is 3.19. The minimum Gasteiger partial charge on any atom is -0.464 e. The molecule has 15 heavy (non-hydrogen) atoms. The van der Waals surface area contributed by atoms with Crippen molar-refractivity contribution in [1.82, 2.24) is 0 Å². The maximum absolute atomic E-state index is 10.9. The van der Waals surface area contributed by atoms with Crippen molar-refractivity contribution in [2.24, 2.45) is 17.3 Å². The molecular formula is C12H19ClO2. The smallest absolute Gasteiger partial charge is 0.320 e. The molecule has 86 valence electrons. The third-order valence-corrected chi connectivity index (χ3v) is 3.40. The molecule has 1 aliphatic carbocycles. The highest BCUT2D eigenvalue weighted by atomic mass is 35.5. The van der Waals surface area contributed by atoms with Gasteiger partial charge in [-0.05, 0) is 25.2 Å². The number of rotatable bonds is 4. The molecule has 2 atom stereocenters. The van der Waals surface area contributed by atoms with E-state index in [2.05, 4.69) is 33.8 Å². The molecule has 0 spiro atoms. The number of halogens is 1. The second kappa shape index (κ2) is 4.56. The van der Waals surface area contributed by atoms with E-state index in [1.165, 1.54) is 5.57 Å². The minimum atomic E-state index is -0.324. The summed E-state index contributed by atoms with van der Waals surface area (Å²) >= 11 is 5.36. The Labute approximate surface area is 96.6 Å². The highest BCUT2D eigenvalue weighted by molar-refractivity contribution is 6.26. The predicted molar refractivity (Wildman–Crippen MR) is 61.9 cm³/mol. The molecule has 2 nitrogen and oxygen atoms in total. The molecule has 0 unspecified atom stereocenters. The van der Waals surface area contributed by atoms with E-state index in [-0.39, 0.29) is 17.3 Å². The van der Waals surface area contributed by atoms with Crippen molar-refractivity contribution in [3.05, 3.63) is 11.6 Å². The fourth-order valence-electron chi connectivity index (χ4n) is 2.02. The largest absolute Gasteiger partial charge is 0.464 e. The lowest BCUT2D eigenvalue weighted by molar-refractivity contribution is -0.141. The first-order valence-corrected chi connectivity index (χ1v) is 5.79. The summed E-state index contributed by atoms with van der Waals surface area (Å²) in [4.78, 5) is 10.9. The number of ether oxygens (including phenoxy) is 1. The van der Waals surface area contributed by atoms with Crippen LogP contribution in [0.25, 0.3) is 0 Å². The molecular weight excluding hydrogens is 212 g/mol. The number of carbonyl (C=O) groups is 1. The summed E-state index contributed by atoms with van der Waals surface area (Å²) in [6, 6.07) is 0. The summed E-state index contributed by atoms with van der Waals surface area (Å²) in [7, 11) is 0. The van der Waals surface area contributed by atoms with E-state index in [9.17, 15) is 4.79 Å².